The summed E-state index contributed by atoms with van der Waals surface area (Å²) in [6.45, 7) is 5.47. The molecule has 0 aromatic carbocycles. The van der Waals surface area contributed by atoms with Gasteiger partial charge in [0.15, 0.2) is 0 Å². The van der Waals surface area contributed by atoms with Crippen molar-refractivity contribution in [1.29, 1.82) is 0 Å². The summed E-state index contributed by atoms with van der Waals surface area (Å²) >= 11 is 0. The Morgan fingerprint density at radius 3 is 2.75 bits per heavy atom. The highest BCUT2D eigenvalue weighted by atomic mass is 16.5. The molecule has 1 rings (SSSR count). The van der Waals surface area contributed by atoms with Crippen LogP contribution in [0.4, 0.5) is 0 Å². The van der Waals surface area contributed by atoms with Gasteiger partial charge in [-0.05, 0) is 44.4 Å². The maximum absolute atomic E-state index is 5.74. The first-order valence-electron chi connectivity index (χ1n) is 6.85. The molecule has 1 aliphatic rings. The molecule has 1 saturated heterocycles. The lowest BCUT2D eigenvalue weighted by Crippen LogP contribution is -2.40. The summed E-state index contributed by atoms with van der Waals surface area (Å²) in [7, 11) is 0. The molecular formula is C13H28N2O. The largest absolute Gasteiger partial charge is 0.378 e. The van der Waals surface area contributed by atoms with Crippen LogP contribution in [0.25, 0.3) is 0 Å². The fourth-order valence-electron chi connectivity index (χ4n) is 2.59. The molecule has 0 bridgehead atoms. The van der Waals surface area contributed by atoms with E-state index in [4.69, 9.17) is 10.6 Å². The van der Waals surface area contributed by atoms with Gasteiger partial charge in [0.05, 0.1) is 6.10 Å². The Bertz CT molecular complexity index is 169. The number of ether oxygens (including phenoxy) is 1. The van der Waals surface area contributed by atoms with E-state index in [0.29, 0.717) is 18.1 Å². The number of nitrogens with two attached hydrogens (primary N) is 1. The molecule has 0 aromatic rings. The summed E-state index contributed by atoms with van der Waals surface area (Å²) in [5.74, 6) is 6.29. The molecule has 3 heteroatoms. The fourth-order valence-corrected chi connectivity index (χ4v) is 2.59. The highest BCUT2D eigenvalue weighted by molar-refractivity contribution is 4.74. The predicted octanol–water partition coefficient (Wildman–Crippen LogP) is 2.60. The number of hydrogen-bond donors (Lipinski definition) is 2. The van der Waals surface area contributed by atoms with E-state index in [2.05, 4.69) is 19.3 Å². The molecule has 0 spiro atoms. The Morgan fingerprint density at radius 2 is 2.19 bits per heavy atom. The van der Waals surface area contributed by atoms with E-state index in [-0.39, 0.29) is 0 Å². The van der Waals surface area contributed by atoms with Gasteiger partial charge in [0.2, 0.25) is 0 Å². The zero-order valence-electron chi connectivity index (χ0n) is 10.9. The zero-order chi connectivity index (χ0) is 11.8. The van der Waals surface area contributed by atoms with Gasteiger partial charge in [-0.15, -0.1) is 0 Å². The van der Waals surface area contributed by atoms with Crippen molar-refractivity contribution in [3.05, 3.63) is 0 Å². The van der Waals surface area contributed by atoms with Crippen LogP contribution in [0.2, 0.25) is 0 Å². The monoisotopic (exact) mass is 228 g/mol. The summed E-state index contributed by atoms with van der Waals surface area (Å²) in [5, 5.41) is 0. The van der Waals surface area contributed by atoms with Crippen molar-refractivity contribution >= 4 is 0 Å². The molecule has 1 heterocycles. The first kappa shape index (κ1) is 13.9. The number of hydrogen-bond acceptors (Lipinski definition) is 3. The Hall–Kier alpha value is -0.120. The average Bonchev–Trinajstić information content (AvgIpc) is 2.31. The van der Waals surface area contributed by atoms with Gasteiger partial charge in [-0.2, -0.15) is 0 Å². The van der Waals surface area contributed by atoms with E-state index >= 15 is 0 Å². The molecule has 3 unspecified atom stereocenters. The molecule has 96 valence electrons. The third-order valence-electron chi connectivity index (χ3n) is 3.72. The Kier molecular flexibility index (Phi) is 7.01. The van der Waals surface area contributed by atoms with Gasteiger partial charge in [-0.1, -0.05) is 20.3 Å². The van der Waals surface area contributed by atoms with Crippen LogP contribution in [-0.2, 0) is 4.74 Å². The number of hydrazine groups is 1. The molecule has 0 radical (unpaired) electrons. The smallest absolute Gasteiger partial charge is 0.0575 e. The highest BCUT2D eigenvalue weighted by Crippen LogP contribution is 2.21. The minimum Gasteiger partial charge on any atom is -0.378 e. The van der Waals surface area contributed by atoms with Gasteiger partial charge in [0, 0.05) is 12.6 Å². The molecule has 3 N–H and O–H groups in total. The van der Waals surface area contributed by atoms with Crippen molar-refractivity contribution in [2.45, 2.75) is 70.9 Å². The van der Waals surface area contributed by atoms with Crippen molar-refractivity contribution in [3.8, 4) is 0 Å². The van der Waals surface area contributed by atoms with Crippen molar-refractivity contribution < 1.29 is 4.74 Å². The van der Waals surface area contributed by atoms with E-state index < -0.39 is 0 Å². The molecule has 3 atom stereocenters. The average molecular weight is 228 g/mol. The third-order valence-corrected chi connectivity index (χ3v) is 3.72. The van der Waals surface area contributed by atoms with Crippen molar-refractivity contribution in [1.82, 2.24) is 5.43 Å². The van der Waals surface area contributed by atoms with Crippen LogP contribution in [0, 0.1) is 5.92 Å². The van der Waals surface area contributed by atoms with Crippen molar-refractivity contribution in [2.24, 2.45) is 11.8 Å². The van der Waals surface area contributed by atoms with Crippen LogP contribution in [-0.4, -0.2) is 18.8 Å². The standard InChI is InChI=1S/C13H28N2O/c1-3-6-11(2)13(15-14)9-8-12-7-4-5-10-16-12/h11-13,15H,3-10,14H2,1-2H3. The molecule has 16 heavy (non-hydrogen) atoms. The van der Waals surface area contributed by atoms with Crippen LogP contribution >= 0.6 is 0 Å². The molecular weight excluding hydrogens is 200 g/mol. The topological polar surface area (TPSA) is 47.3 Å². The summed E-state index contributed by atoms with van der Waals surface area (Å²) in [5.41, 5.74) is 2.97. The highest BCUT2D eigenvalue weighted by Gasteiger charge is 2.19. The van der Waals surface area contributed by atoms with E-state index in [9.17, 15) is 0 Å². The normalized spacial score (nSPS) is 25.3. The van der Waals surface area contributed by atoms with Gasteiger partial charge >= 0.3 is 0 Å². The van der Waals surface area contributed by atoms with Crippen LogP contribution in [0.3, 0.4) is 0 Å². The van der Waals surface area contributed by atoms with Crippen molar-refractivity contribution in [2.75, 3.05) is 6.61 Å². The number of rotatable bonds is 7. The van der Waals surface area contributed by atoms with Gasteiger partial charge in [0.1, 0.15) is 0 Å². The molecule has 0 aromatic heterocycles. The molecule has 1 fully saturated rings. The molecule has 0 saturated carbocycles. The molecule has 3 nitrogen and oxygen atoms in total. The van der Waals surface area contributed by atoms with Crippen molar-refractivity contribution in [3.63, 3.8) is 0 Å². The summed E-state index contributed by atoms with van der Waals surface area (Å²) in [6.07, 6.45) is 9.07. The minimum absolute atomic E-state index is 0.450. The van der Waals surface area contributed by atoms with Gasteiger partial charge in [0.25, 0.3) is 0 Å². The fraction of sp³-hybridized carbons (Fsp3) is 1.00. The second-order valence-corrected chi connectivity index (χ2v) is 5.11. The second-order valence-electron chi connectivity index (χ2n) is 5.11. The van der Waals surface area contributed by atoms with E-state index in [1.165, 1.54) is 32.1 Å². The Balaban J connectivity index is 2.21. The van der Waals surface area contributed by atoms with Gasteiger partial charge in [-0.25, -0.2) is 0 Å². The minimum atomic E-state index is 0.450. The van der Waals surface area contributed by atoms with E-state index in [1.54, 1.807) is 0 Å². The van der Waals surface area contributed by atoms with E-state index in [0.717, 1.165) is 19.4 Å². The van der Waals surface area contributed by atoms with Crippen LogP contribution in [0.1, 0.15) is 58.8 Å². The SMILES string of the molecule is CCCC(C)C(CCC1CCCCO1)NN. The molecule has 0 aliphatic carbocycles. The maximum Gasteiger partial charge on any atom is 0.0575 e. The van der Waals surface area contributed by atoms with Crippen LogP contribution < -0.4 is 11.3 Å². The molecule has 1 aliphatic heterocycles. The first-order chi connectivity index (χ1) is 7.77. The Morgan fingerprint density at radius 1 is 1.38 bits per heavy atom. The molecule has 0 amide bonds. The predicted molar refractivity (Wildman–Crippen MR) is 68.0 cm³/mol. The quantitative estimate of drug-likeness (QED) is 0.520. The summed E-state index contributed by atoms with van der Waals surface area (Å²) in [4.78, 5) is 0. The summed E-state index contributed by atoms with van der Waals surface area (Å²) in [6, 6.07) is 0.450. The Labute approximate surface area is 100 Å². The van der Waals surface area contributed by atoms with Crippen LogP contribution in [0.5, 0.6) is 0 Å². The van der Waals surface area contributed by atoms with E-state index in [1.807, 2.05) is 0 Å². The maximum atomic E-state index is 5.74. The van der Waals surface area contributed by atoms with Crippen LogP contribution in [0.15, 0.2) is 0 Å². The number of nitrogens with one attached hydrogen (secondary N) is 1. The third kappa shape index (κ3) is 4.81. The lowest BCUT2D eigenvalue weighted by molar-refractivity contribution is 0.00755. The van der Waals surface area contributed by atoms with Gasteiger partial charge in [-0.3, -0.25) is 11.3 Å². The second kappa shape index (κ2) is 8.04. The first-order valence-corrected chi connectivity index (χ1v) is 6.85. The zero-order valence-corrected chi connectivity index (χ0v) is 10.9. The lowest BCUT2D eigenvalue weighted by Gasteiger charge is -2.27. The van der Waals surface area contributed by atoms with Gasteiger partial charge < -0.3 is 4.74 Å². The lowest BCUT2D eigenvalue weighted by atomic mass is 9.91. The summed E-state index contributed by atoms with van der Waals surface area (Å²) < 4.78 is 5.74.